The van der Waals surface area contributed by atoms with Crippen LogP contribution in [0, 0.1) is 5.92 Å². The van der Waals surface area contributed by atoms with Crippen LogP contribution in [-0.2, 0) is 9.53 Å². The number of rotatable bonds is 4. The molecule has 3 rings (SSSR count). The second-order valence-electron chi connectivity index (χ2n) is 6.99. The van der Waals surface area contributed by atoms with Gasteiger partial charge in [-0.05, 0) is 18.8 Å². The van der Waals surface area contributed by atoms with E-state index < -0.39 is 11.7 Å². The number of aromatic nitrogens is 2. The number of nitrogens with zero attached hydrogens (tertiary/aromatic N) is 3. The van der Waals surface area contributed by atoms with Gasteiger partial charge in [-0.3, -0.25) is 9.59 Å². The molecule has 1 aromatic rings. The van der Waals surface area contributed by atoms with Crippen molar-refractivity contribution in [2.45, 2.75) is 32.3 Å². The summed E-state index contributed by atoms with van der Waals surface area (Å²) in [6.45, 7) is 4.70. The van der Waals surface area contributed by atoms with E-state index in [2.05, 4.69) is 15.5 Å². The molecule has 2 fully saturated rings. The Bertz CT molecular complexity index is 747. The summed E-state index contributed by atoms with van der Waals surface area (Å²) >= 11 is 6.02. The third kappa shape index (κ3) is 4.91. The van der Waals surface area contributed by atoms with E-state index in [0.29, 0.717) is 37.7 Å². The first-order chi connectivity index (χ1) is 12.9. The van der Waals surface area contributed by atoms with Crippen molar-refractivity contribution in [1.29, 1.82) is 0 Å². The normalized spacial score (nSPS) is 20.6. The Kier molecular flexibility index (Phi) is 6.20. The van der Waals surface area contributed by atoms with Crippen LogP contribution in [0.4, 0.5) is 10.5 Å². The number of anilines is 1. The molecular weight excluding hydrogens is 374 g/mol. The molecule has 0 aromatic carbocycles. The molecule has 27 heavy (non-hydrogen) atoms. The van der Waals surface area contributed by atoms with Crippen molar-refractivity contribution >= 4 is 29.3 Å². The minimum absolute atomic E-state index is 0.0898. The number of nitrogens with one attached hydrogen (secondary N) is 2. The highest BCUT2D eigenvalue weighted by molar-refractivity contribution is 6.33. The van der Waals surface area contributed by atoms with Crippen LogP contribution < -0.4 is 15.8 Å². The monoisotopic (exact) mass is 397 g/mol. The van der Waals surface area contributed by atoms with E-state index >= 15 is 0 Å². The molecule has 2 aliphatic heterocycles. The lowest BCUT2D eigenvalue weighted by molar-refractivity contribution is -0.130. The highest BCUT2D eigenvalue weighted by Crippen LogP contribution is 2.25. The van der Waals surface area contributed by atoms with Gasteiger partial charge in [0.25, 0.3) is 5.56 Å². The molecule has 1 aromatic heterocycles. The predicted molar refractivity (Wildman–Crippen MR) is 99.9 cm³/mol. The Balaban J connectivity index is 1.41. The fraction of sp³-hybridized carbons (Fsp3) is 0.647. The minimum atomic E-state index is -0.439. The van der Waals surface area contributed by atoms with Gasteiger partial charge in [-0.25, -0.2) is 9.89 Å². The number of aromatic amines is 1. The lowest BCUT2D eigenvalue weighted by atomic mass is 9.97. The second-order valence-corrected chi connectivity index (χ2v) is 7.37. The SMILES string of the molecule is CC(=O)N1CCC(CNC(=O)O[C@@H]2CCN(c3cn[nH]c(=O)c3Cl)C2)CC1. The van der Waals surface area contributed by atoms with E-state index in [1.54, 1.807) is 6.92 Å². The van der Waals surface area contributed by atoms with Gasteiger partial charge in [-0.2, -0.15) is 5.10 Å². The minimum Gasteiger partial charge on any atom is -0.444 e. The molecule has 9 nitrogen and oxygen atoms in total. The van der Waals surface area contributed by atoms with Crippen LogP contribution in [-0.4, -0.2) is 65.9 Å². The Hall–Kier alpha value is -2.29. The third-order valence-electron chi connectivity index (χ3n) is 5.13. The second kappa shape index (κ2) is 8.60. The first-order valence-electron chi connectivity index (χ1n) is 9.12. The van der Waals surface area contributed by atoms with Gasteiger partial charge in [-0.15, -0.1) is 0 Å². The van der Waals surface area contributed by atoms with E-state index in [4.69, 9.17) is 16.3 Å². The zero-order valence-corrected chi connectivity index (χ0v) is 16.0. The Morgan fingerprint density at radius 1 is 1.33 bits per heavy atom. The van der Waals surface area contributed by atoms with Gasteiger partial charge < -0.3 is 19.9 Å². The molecule has 10 heteroatoms. The number of halogens is 1. The van der Waals surface area contributed by atoms with Crippen LogP contribution in [0.1, 0.15) is 26.2 Å². The van der Waals surface area contributed by atoms with Gasteiger partial charge in [-0.1, -0.05) is 11.6 Å². The topological polar surface area (TPSA) is 108 Å². The van der Waals surface area contributed by atoms with Gasteiger partial charge in [0.2, 0.25) is 5.91 Å². The number of alkyl carbamates (subject to hydrolysis) is 1. The average molecular weight is 398 g/mol. The van der Waals surface area contributed by atoms with Crippen molar-refractivity contribution in [1.82, 2.24) is 20.4 Å². The number of hydrogen-bond acceptors (Lipinski definition) is 6. The quantitative estimate of drug-likeness (QED) is 0.784. The van der Waals surface area contributed by atoms with Gasteiger partial charge in [0, 0.05) is 39.5 Å². The lowest BCUT2D eigenvalue weighted by Crippen LogP contribution is -2.41. The molecule has 3 heterocycles. The Labute approximate surface area is 162 Å². The zero-order valence-electron chi connectivity index (χ0n) is 15.2. The molecule has 2 amide bonds. The molecule has 0 aliphatic carbocycles. The van der Waals surface area contributed by atoms with E-state index in [1.165, 1.54) is 6.20 Å². The zero-order chi connectivity index (χ0) is 19.4. The maximum atomic E-state index is 12.1. The van der Waals surface area contributed by atoms with Crippen LogP contribution in [0.5, 0.6) is 0 Å². The number of H-pyrrole nitrogens is 1. The number of ether oxygens (including phenoxy) is 1. The molecule has 0 spiro atoms. The van der Waals surface area contributed by atoms with Crippen LogP contribution in [0.3, 0.4) is 0 Å². The summed E-state index contributed by atoms with van der Waals surface area (Å²) in [7, 11) is 0. The summed E-state index contributed by atoms with van der Waals surface area (Å²) < 4.78 is 5.48. The molecule has 0 unspecified atom stereocenters. The number of likely N-dealkylation sites (tertiary alicyclic amines) is 1. The first kappa shape index (κ1) is 19.5. The van der Waals surface area contributed by atoms with E-state index in [0.717, 1.165) is 25.9 Å². The molecule has 2 saturated heterocycles. The maximum absolute atomic E-state index is 12.1. The van der Waals surface area contributed by atoms with Gasteiger partial charge in [0.15, 0.2) is 0 Å². The smallest absolute Gasteiger partial charge is 0.407 e. The largest absolute Gasteiger partial charge is 0.444 e. The number of hydrogen-bond donors (Lipinski definition) is 2. The lowest BCUT2D eigenvalue weighted by Gasteiger charge is -2.31. The molecule has 2 N–H and O–H groups in total. The highest BCUT2D eigenvalue weighted by Gasteiger charge is 2.28. The summed E-state index contributed by atoms with van der Waals surface area (Å²) in [5.41, 5.74) is 0.108. The van der Waals surface area contributed by atoms with Gasteiger partial charge >= 0.3 is 6.09 Å². The number of carbonyl (C=O) groups is 2. The van der Waals surface area contributed by atoms with Crippen LogP contribution in [0.2, 0.25) is 5.02 Å². The van der Waals surface area contributed by atoms with Crippen molar-refractivity contribution < 1.29 is 14.3 Å². The number of amides is 2. The Morgan fingerprint density at radius 2 is 2.07 bits per heavy atom. The molecule has 0 radical (unpaired) electrons. The first-order valence-corrected chi connectivity index (χ1v) is 9.50. The van der Waals surface area contributed by atoms with Crippen molar-refractivity contribution in [3.63, 3.8) is 0 Å². The molecule has 0 saturated carbocycles. The molecular formula is C17H24ClN5O4. The maximum Gasteiger partial charge on any atom is 0.407 e. The summed E-state index contributed by atoms with van der Waals surface area (Å²) in [6.07, 6.45) is 3.22. The van der Waals surface area contributed by atoms with Crippen LogP contribution in [0.15, 0.2) is 11.0 Å². The standard InChI is InChI=1S/C17H24ClN5O4/c1-11(24)22-5-2-12(3-6-22)8-19-17(26)27-13-4-7-23(10-13)14-9-20-21-16(25)15(14)18/h9,12-13H,2-8,10H2,1H3,(H,19,26)(H,21,25)/t13-/m1/s1. The van der Waals surface area contributed by atoms with Crippen molar-refractivity contribution in [3.05, 3.63) is 21.6 Å². The molecule has 148 valence electrons. The highest BCUT2D eigenvalue weighted by atomic mass is 35.5. The van der Waals surface area contributed by atoms with Crippen molar-refractivity contribution in [3.8, 4) is 0 Å². The fourth-order valence-electron chi connectivity index (χ4n) is 3.51. The summed E-state index contributed by atoms with van der Waals surface area (Å²) in [5, 5.41) is 8.96. The molecule has 0 bridgehead atoms. The predicted octanol–water partition coefficient (Wildman–Crippen LogP) is 0.987. The van der Waals surface area contributed by atoms with Gasteiger partial charge in [0.1, 0.15) is 11.1 Å². The van der Waals surface area contributed by atoms with Crippen molar-refractivity contribution in [2.24, 2.45) is 5.92 Å². The van der Waals surface area contributed by atoms with Crippen LogP contribution in [0.25, 0.3) is 0 Å². The fourth-order valence-corrected chi connectivity index (χ4v) is 3.72. The Morgan fingerprint density at radius 3 is 2.78 bits per heavy atom. The average Bonchev–Trinajstić information content (AvgIpc) is 3.10. The molecule has 2 aliphatic rings. The summed E-state index contributed by atoms with van der Waals surface area (Å²) in [6, 6.07) is 0. The van der Waals surface area contributed by atoms with Crippen LogP contribution >= 0.6 is 11.6 Å². The van der Waals surface area contributed by atoms with E-state index in [-0.39, 0.29) is 17.0 Å². The van der Waals surface area contributed by atoms with E-state index in [9.17, 15) is 14.4 Å². The van der Waals surface area contributed by atoms with Crippen molar-refractivity contribution in [2.75, 3.05) is 37.6 Å². The molecule has 1 atom stereocenters. The number of carbonyl (C=O) groups excluding carboxylic acids is 2. The third-order valence-corrected chi connectivity index (χ3v) is 5.50. The summed E-state index contributed by atoms with van der Waals surface area (Å²) in [5.74, 6) is 0.455. The van der Waals surface area contributed by atoms with Gasteiger partial charge in [0.05, 0.1) is 18.4 Å². The van der Waals surface area contributed by atoms with E-state index in [1.807, 2.05) is 9.80 Å². The number of piperidine rings is 1. The summed E-state index contributed by atoms with van der Waals surface area (Å²) in [4.78, 5) is 38.7.